The zero-order valence-electron chi connectivity index (χ0n) is 15.3. The number of carbonyl (C=O) groups is 1. The fourth-order valence-electron chi connectivity index (χ4n) is 2.86. The fourth-order valence-corrected chi connectivity index (χ4v) is 3.70. The Hall–Kier alpha value is -2.06. The maximum atomic E-state index is 12.3. The van der Waals surface area contributed by atoms with Gasteiger partial charge in [-0.1, -0.05) is 23.9 Å². The Morgan fingerprint density at radius 1 is 1.46 bits per heavy atom. The van der Waals surface area contributed by atoms with Crippen molar-refractivity contribution in [2.75, 3.05) is 20.3 Å². The van der Waals surface area contributed by atoms with Gasteiger partial charge >= 0.3 is 0 Å². The Morgan fingerprint density at radius 2 is 2.27 bits per heavy atom. The van der Waals surface area contributed by atoms with Gasteiger partial charge in [-0.15, -0.1) is 10.2 Å². The first kappa shape index (κ1) is 18.7. The van der Waals surface area contributed by atoms with Crippen molar-refractivity contribution in [2.45, 2.75) is 36.3 Å². The molecule has 1 amide bonds. The van der Waals surface area contributed by atoms with E-state index in [-0.39, 0.29) is 17.3 Å². The summed E-state index contributed by atoms with van der Waals surface area (Å²) < 4.78 is 12.8. The van der Waals surface area contributed by atoms with E-state index >= 15 is 0 Å². The second-order valence-corrected chi connectivity index (χ2v) is 7.51. The van der Waals surface area contributed by atoms with Gasteiger partial charge in [-0.05, 0) is 31.9 Å². The van der Waals surface area contributed by atoms with E-state index in [9.17, 15) is 4.79 Å². The second-order valence-electron chi connectivity index (χ2n) is 6.21. The number of hydrogen-bond donors (Lipinski definition) is 1. The van der Waals surface area contributed by atoms with Gasteiger partial charge in [0.2, 0.25) is 5.91 Å². The first-order valence-electron chi connectivity index (χ1n) is 8.69. The van der Waals surface area contributed by atoms with E-state index in [2.05, 4.69) is 15.5 Å². The molecule has 0 saturated carbocycles. The van der Waals surface area contributed by atoms with Crippen LogP contribution in [-0.2, 0) is 16.6 Å². The van der Waals surface area contributed by atoms with E-state index in [0.717, 1.165) is 30.8 Å². The van der Waals surface area contributed by atoms with Crippen LogP contribution < -0.4 is 10.1 Å². The number of methoxy groups -OCH3 is 1. The number of ether oxygens (including phenoxy) is 2. The summed E-state index contributed by atoms with van der Waals surface area (Å²) in [7, 11) is 3.52. The highest BCUT2D eigenvalue weighted by molar-refractivity contribution is 8.00. The lowest BCUT2D eigenvalue weighted by molar-refractivity contribution is -0.120. The molecule has 1 aromatic heterocycles. The van der Waals surface area contributed by atoms with Crippen LogP contribution in [0, 0.1) is 0 Å². The van der Waals surface area contributed by atoms with Crippen LogP contribution >= 0.6 is 11.8 Å². The third kappa shape index (κ3) is 4.19. The number of aromatic nitrogens is 3. The van der Waals surface area contributed by atoms with Gasteiger partial charge in [0.05, 0.1) is 24.0 Å². The smallest absolute Gasteiger partial charge is 0.233 e. The van der Waals surface area contributed by atoms with Crippen molar-refractivity contribution < 1.29 is 14.3 Å². The molecular formula is C18H24N4O3S. The third-order valence-corrected chi connectivity index (χ3v) is 5.50. The van der Waals surface area contributed by atoms with Gasteiger partial charge < -0.3 is 19.4 Å². The van der Waals surface area contributed by atoms with Crippen molar-refractivity contribution >= 4 is 17.7 Å². The lowest BCUT2D eigenvalue weighted by Crippen LogP contribution is -2.36. The molecule has 26 heavy (non-hydrogen) atoms. The summed E-state index contributed by atoms with van der Waals surface area (Å²) in [5.74, 6) is 1.42. The van der Waals surface area contributed by atoms with Crippen molar-refractivity contribution in [2.24, 2.45) is 7.05 Å². The van der Waals surface area contributed by atoms with Gasteiger partial charge in [0, 0.05) is 20.2 Å². The molecule has 2 unspecified atom stereocenters. The van der Waals surface area contributed by atoms with Crippen LogP contribution in [0.15, 0.2) is 29.4 Å². The molecule has 140 valence electrons. The predicted octanol–water partition coefficient (Wildman–Crippen LogP) is 2.27. The first-order valence-corrected chi connectivity index (χ1v) is 9.57. The molecule has 2 aromatic rings. The minimum absolute atomic E-state index is 0.0210. The second kappa shape index (κ2) is 8.55. The van der Waals surface area contributed by atoms with Crippen molar-refractivity contribution in [3.8, 4) is 17.1 Å². The zero-order valence-corrected chi connectivity index (χ0v) is 16.1. The van der Waals surface area contributed by atoms with E-state index in [1.807, 2.05) is 42.8 Å². The Morgan fingerprint density at radius 3 is 3.00 bits per heavy atom. The Kier molecular flexibility index (Phi) is 6.16. The number of thioether (sulfide) groups is 1. The van der Waals surface area contributed by atoms with Crippen LogP contribution in [0.3, 0.4) is 0 Å². The summed E-state index contributed by atoms with van der Waals surface area (Å²) in [6, 6.07) is 7.67. The van der Waals surface area contributed by atoms with Gasteiger partial charge in [-0.25, -0.2) is 0 Å². The number of hydrogen-bond acceptors (Lipinski definition) is 6. The average molecular weight is 376 g/mol. The number of benzene rings is 1. The highest BCUT2D eigenvalue weighted by Gasteiger charge is 2.22. The molecule has 0 aliphatic carbocycles. The summed E-state index contributed by atoms with van der Waals surface area (Å²) in [4.78, 5) is 12.3. The quantitative estimate of drug-likeness (QED) is 0.747. The molecule has 0 radical (unpaired) electrons. The minimum atomic E-state index is -0.273. The SMILES string of the molecule is COc1ccccc1-c1nnc(SC(C)C(=O)NCC2CCCO2)n1C. The summed E-state index contributed by atoms with van der Waals surface area (Å²) in [6.45, 7) is 3.22. The molecule has 1 aliphatic heterocycles. The molecule has 8 heteroatoms. The van der Waals surface area contributed by atoms with Crippen LogP contribution in [0.1, 0.15) is 19.8 Å². The van der Waals surface area contributed by atoms with Gasteiger partial charge in [-0.2, -0.15) is 0 Å². The maximum Gasteiger partial charge on any atom is 0.233 e. The zero-order chi connectivity index (χ0) is 18.5. The fraction of sp³-hybridized carbons (Fsp3) is 0.500. The molecule has 1 aliphatic rings. The van der Waals surface area contributed by atoms with E-state index < -0.39 is 0 Å². The van der Waals surface area contributed by atoms with Crippen molar-refractivity contribution in [1.82, 2.24) is 20.1 Å². The normalized spacial score (nSPS) is 17.9. The summed E-state index contributed by atoms with van der Waals surface area (Å²) in [5.41, 5.74) is 0.868. The number of para-hydroxylation sites is 1. The van der Waals surface area contributed by atoms with Crippen LogP contribution in [0.4, 0.5) is 0 Å². The van der Waals surface area contributed by atoms with Crippen LogP contribution in [0.25, 0.3) is 11.4 Å². The summed E-state index contributed by atoms with van der Waals surface area (Å²) >= 11 is 1.39. The lowest BCUT2D eigenvalue weighted by Gasteiger charge is -2.14. The molecule has 0 spiro atoms. The van der Waals surface area contributed by atoms with Crippen LogP contribution in [-0.4, -0.2) is 52.3 Å². The molecule has 3 rings (SSSR count). The van der Waals surface area contributed by atoms with E-state index in [1.54, 1.807) is 7.11 Å². The standard InChI is InChI=1S/C18H24N4O3S/c1-12(17(23)19-11-13-7-6-10-25-13)26-18-21-20-16(22(18)2)14-8-4-5-9-15(14)24-3/h4-5,8-9,12-13H,6-7,10-11H2,1-3H3,(H,19,23). The molecule has 1 aromatic carbocycles. The Balaban J connectivity index is 1.64. The largest absolute Gasteiger partial charge is 0.496 e. The molecule has 2 heterocycles. The highest BCUT2D eigenvalue weighted by Crippen LogP contribution is 2.31. The molecular weight excluding hydrogens is 352 g/mol. The molecule has 1 fully saturated rings. The average Bonchev–Trinajstić information content (AvgIpc) is 3.30. The highest BCUT2D eigenvalue weighted by atomic mass is 32.2. The molecule has 7 nitrogen and oxygen atoms in total. The van der Waals surface area contributed by atoms with Gasteiger partial charge in [0.1, 0.15) is 5.75 Å². The summed E-state index contributed by atoms with van der Waals surface area (Å²) in [6.07, 6.45) is 2.21. The van der Waals surface area contributed by atoms with Crippen molar-refractivity contribution in [1.29, 1.82) is 0 Å². The number of rotatable bonds is 7. The van der Waals surface area contributed by atoms with Gasteiger partial charge in [0.15, 0.2) is 11.0 Å². The number of amides is 1. The van der Waals surface area contributed by atoms with Gasteiger partial charge in [0.25, 0.3) is 0 Å². The topological polar surface area (TPSA) is 78.3 Å². The molecule has 2 atom stereocenters. The lowest BCUT2D eigenvalue weighted by atomic mass is 10.2. The Labute approximate surface area is 157 Å². The predicted molar refractivity (Wildman–Crippen MR) is 100 cm³/mol. The summed E-state index contributed by atoms with van der Waals surface area (Å²) in [5, 5.41) is 11.9. The number of nitrogens with one attached hydrogen (secondary N) is 1. The van der Waals surface area contributed by atoms with E-state index in [4.69, 9.17) is 9.47 Å². The van der Waals surface area contributed by atoms with Crippen LogP contribution in [0.2, 0.25) is 0 Å². The monoisotopic (exact) mass is 376 g/mol. The van der Waals surface area contributed by atoms with E-state index in [0.29, 0.717) is 17.5 Å². The maximum absolute atomic E-state index is 12.3. The van der Waals surface area contributed by atoms with Gasteiger partial charge in [-0.3, -0.25) is 4.79 Å². The molecule has 1 N–H and O–H groups in total. The minimum Gasteiger partial charge on any atom is -0.496 e. The molecule has 1 saturated heterocycles. The van der Waals surface area contributed by atoms with E-state index in [1.165, 1.54) is 11.8 Å². The Bertz CT molecular complexity index is 759. The number of nitrogens with zero attached hydrogens (tertiary/aromatic N) is 3. The van der Waals surface area contributed by atoms with Crippen molar-refractivity contribution in [3.05, 3.63) is 24.3 Å². The number of carbonyl (C=O) groups excluding carboxylic acids is 1. The van der Waals surface area contributed by atoms with Crippen molar-refractivity contribution in [3.63, 3.8) is 0 Å². The van der Waals surface area contributed by atoms with Crippen LogP contribution in [0.5, 0.6) is 5.75 Å². The first-order chi connectivity index (χ1) is 12.6. The molecule has 0 bridgehead atoms. The third-order valence-electron chi connectivity index (χ3n) is 4.36.